The Hall–Kier alpha value is -1.56. The molecule has 0 radical (unpaired) electrons. The van der Waals surface area contributed by atoms with Crippen molar-refractivity contribution in [3.63, 3.8) is 0 Å². The van der Waals surface area contributed by atoms with Gasteiger partial charge in [-0.2, -0.15) is 5.10 Å². The largest absolute Gasteiger partial charge is 0.481 e. The maximum atomic E-state index is 12.1. The molecule has 1 aromatic heterocycles. The third kappa shape index (κ3) is 3.20. The number of nitrogens with two attached hydrogens (primary N) is 1. The van der Waals surface area contributed by atoms with Gasteiger partial charge < -0.3 is 15.4 Å². The van der Waals surface area contributed by atoms with Crippen LogP contribution in [0.3, 0.4) is 0 Å². The van der Waals surface area contributed by atoms with Crippen molar-refractivity contribution in [3.8, 4) is 5.88 Å². The first kappa shape index (κ1) is 13.5. The lowest BCUT2D eigenvalue weighted by Gasteiger charge is -2.19. The fourth-order valence-corrected chi connectivity index (χ4v) is 1.65. The van der Waals surface area contributed by atoms with Gasteiger partial charge in [0, 0.05) is 32.7 Å². The molecule has 0 aromatic carbocycles. The van der Waals surface area contributed by atoms with Gasteiger partial charge in [0.2, 0.25) is 5.88 Å². The first-order valence-electron chi connectivity index (χ1n) is 5.71. The second-order valence-corrected chi connectivity index (χ2v) is 3.78. The topological polar surface area (TPSA) is 73.4 Å². The molecule has 0 unspecified atom stereocenters. The molecule has 1 amide bonds. The van der Waals surface area contributed by atoms with Crippen LogP contribution in [0.4, 0.5) is 0 Å². The summed E-state index contributed by atoms with van der Waals surface area (Å²) in [6, 6.07) is 1.64. The Bertz CT molecular complexity index is 370. The fourth-order valence-electron chi connectivity index (χ4n) is 1.65. The highest BCUT2D eigenvalue weighted by molar-refractivity contribution is 5.92. The lowest BCUT2D eigenvalue weighted by atomic mass is 10.3. The minimum absolute atomic E-state index is 0.101. The number of methoxy groups -OCH3 is 1. The predicted molar refractivity (Wildman–Crippen MR) is 65.0 cm³/mol. The first-order valence-corrected chi connectivity index (χ1v) is 5.71. The summed E-state index contributed by atoms with van der Waals surface area (Å²) in [4.78, 5) is 13.9. The quantitative estimate of drug-likeness (QED) is 0.773. The molecule has 0 fully saturated rings. The van der Waals surface area contributed by atoms with E-state index in [1.54, 1.807) is 29.8 Å². The Morgan fingerprint density at radius 2 is 2.29 bits per heavy atom. The van der Waals surface area contributed by atoms with E-state index in [1.807, 2.05) is 6.92 Å². The van der Waals surface area contributed by atoms with Gasteiger partial charge in [-0.3, -0.25) is 4.79 Å². The number of aromatic nitrogens is 2. The van der Waals surface area contributed by atoms with E-state index in [2.05, 4.69) is 5.10 Å². The SMILES string of the molecule is CCCN(CCN)C(=O)c1cc(OC)n(C)n1. The fraction of sp³-hybridized carbons (Fsp3) is 0.636. The molecule has 17 heavy (non-hydrogen) atoms. The Labute approximate surface area is 101 Å². The number of carbonyl (C=O) groups excluding carboxylic acids is 1. The molecule has 0 bridgehead atoms. The molecule has 0 saturated carbocycles. The molecular weight excluding hydrogens is 220 g/mol. The van der Waals surface area contributed by atoms with E-state index < -0.39 is 0 Å². The molecule has 0 spiro atoms. The Balaban J connectivity index is 2.84. The van der Waals surface area contributed by atoms with E-state index in [0.717, 1.165) is 6.42 Å². The van der Waals surface area contributed by atoms with Gasteiger partial charge in [-0.25, -0.2) is 4.68 Å². The van der Waals surface area contributed by atoms with Crippen molar-refractivity contribution in [2.24, 2.45) is 12.8 Å². The maximum absolute atomic E-state index is 12.1. The predicted octanol–water partition coefficient (Wildman–Crippen LogP) is 0.240. The number of aryl methyl sites for hydroxylation is 1. The van der Waals surface area contributed by atoms with Crippen LogP contribution in [0, 0.1) is 0 Å². The van der Waals surface area contributed by atoms with Gasteiger partial charge in [0.1, 0.15) is 0 Å². The summed E-state index contributed by atoms with van der Waals surface area (Å²) >= 11 is 0. The summed E-state index contributed by atoms with van der Waals surface area (Å²) < 4.78 is 6.62. The normalized spacial score (nSPS) is 10.4. The lowest BCUT2D eigenvalue weighted by Crippen LogP contribution is -2.36. The van der Waals surface area contributed by atoms with Crippen molar-refractivity contribution >= 4 is 5.91 Å². The van der Waals surface area contributed by atoms with Gasteiger partial charge >= 0.3 is 0 Å². The van der Waals surface area contributed by atoms with E-state index in [0.29, 0.717) is 31.2 Å². The van der Waals surface area contributed by atoms with Crippen LogP contribution >= 0.6 is 0 Å². The van der Waals surface area contributed by atoms with Crippen LogP contribution in [0.1, 0.15) is 23.8 Å². The summed E-state index contributed by atoms with van der Waals surface area (Å²) in [6.45, 7) is 3.71. The number of nitrogens with zero attached hydrogens (tertiary/aromatic N) is 3. The zero-order valence-electron chi connectivity index (χ0n) is 10.6. The summed E-state index contributed by atoms with van der Waals surface area (Å²) in [7, 11) is 3.29. The van der Waals surface area contributed by atoms with Crippen molar-refractivity contribution in [1.82, 2.24) is 14.7 Å². The molecule has 1 rings (SSSR count). The molecule has 96 valence electrons. The smallest absolute Gasteiger partial charge is 0.274 e. The van der Waals surface area contributed by atoms with Crippen molar-refractivity contribution in [3.05, 3.63) is 11.8 Å². The average molecular weight is 240 g/mol. The van der Waals surface area contributed by atoms with Gasteiger partial charge in [0.25, 0.3) is 5.91 Å². The second kappa shape index (κ2) is 6.24. The molecule has 0 aliphatic carbocycles. The molecule has 1 aromatic rings. The molecule has 2 N–H and O–H groups in total. The maximum Gasteiger partial charge on any atom is 0.274 e. The lowest BCUT2D eigenvalue weighted by molar-refractivity contribution is 0.0753. The third-order valence-corrected chi connectivity index (χ3v) is 2.44. The minimum atomic E-state index is -0.101. The molecule has 6 nitrogen and oxygen atoms in total. The molecule has 0 atom stereocenters. The van der Waals surface area contributed by atoms with E-state index in [4.69, 9.17) is 10.5 Å². The number of carbonyl (C=O) groups is 1. The van der Waals surface area contributed by atoms with E-state index in [1.165, 1.54) is 0 Å². The molecule has 1 heterocycles. The van der Waals surface area contributed by atoms with Gasteiger partial charge in [0.05, 0.1) is 7.11 Å². The number of amides is 1. The van der Waals surface area contributed by atoms with Crippen LogP contribution in [0.5, 0.6) is 5.88 Å². The van der Waals surface area contributed by atoms with Crippen LogP contribution in [-0.2, 0) is 7.05 Å². The Morgan fingerprint density at radius 1 is 1.59 bits per heavy atom. The van der Waals surface area contributed by atoms with E-state index >= 15 is 0 Å². The summed E-state index contributed by atoms with van der Waals surface area (Å²) in [5.74, 6) is 0.466. The monoisotopic (exact) mass is 240 g/mol. The minimum Gasteiger partial charge on any atom is -0.481 e. The van der Waals surface area contributed by atoms with Crippen molar-refractivity contribution in [2.75, 3.05) is 26.7 Å². The van der Waals surface area contributed by atoms with Gasteiger partial charge in [-0.1, -0.05) is 6.92 Å². The highest BCUT2D eigenvalue weighted by atomic mass is 16.5. The number of hydrogen-bond acceptors (Lipinski definition) is 4. The zero-order valence-corrected chi connectivity index (χ0v) is 10.6. The van der Waals surface area contributed by atoms with Gasteiger partial charge in [-0.05, 0) is 6.42 Å². The van der Waals surface area contributed by atoms with Crippen LogP contribution < -0.4 is 10.5 Å². The third-order valence-electron chi connectivity index (χ3n) is 2.44. The Morgan fingerprint density at radius 3 is 2.76 bits per heavy atom. The number of ether oxygens (including phenoxy) is 1. The van der Waals surface area contributed by atoms with Crippen LogP contribution in [0.2, 0.25) is 0 Å². The van der Waals surface area contributed by atoms with Gasteiger partial charge in [0.15, 0.2) is 5.69 Å². The zero-order chi connectivity index (χ0) is 12.8. The van der Waals surface area contributed by atoms with Crippen LogP contribution in [-0.4, -0.2) is 47.3 Å². The van der Waals surface area contributed by atoms with E-state index in [9.17, 15) is 4.79 Å². The van der Waals surface area contributed by atoms with E-state index in [-0.39, 0.29) is 5.91 Å². The molecule has 0 aliphatic rings. The highest BCUT2D eigenvalue weighted by Gasteiger charge is 2.18. The van der Waals surface area contributed by atoms with Crippen molar-refractivity contribution in [1.29, 1.82) is 0 Å². The summed E-state index contributed by atoms with van der Waals surface area (Å²) in [5.41, 5.74) is 5.89. The Kier molecular flexibility index (Phi) is 4.96. The number of rotatable bonds is 6. The summed E-state index contributed by atoms with van der Waals surface area (Å²) in [6.07, 6.45) is 0.899. The summed E-state index contributed by atoms with van der Waals surface area (Å²) in [5, 5.41) is 4.13. The molecular formula is C11H20N4O2. The van der Waals surface area contributed by atoms with Gasteiger partial charge in [-0.15, -0.1) is 0 Å². The number of hydrogen-bond donors (Lipinski definition) is 1. The average Bonchev–Trinajstić information content (AvgIpc) is 2.69. The molecule has 0 saturated heterocycles. The standard InChI is InChI=1S/C11H20N4O2/c1-4-6-15(7-5-12)11(16)9-8-10(17-3)14(2)13-9/h8H,4-7,12H2,1-3H3. The van der Waals surface area contributed by atoms with Crippen LogP contribution in [0.25, 0.3) is 0 Å². The van der Waals surface area contributed by atoms with Crippen LogP contribution in [0.15, 0.2) is 6.07 Å². The molecule has 0 aliphatic heterocycles. The van der Waals surface area contributed by atoms with Crippen molar-refractivity contribution < 1.29 is 9.53 Å². The highest BCUT2D eigenvalue weighted by Crippen LogP contribution is 2.13. The second-order valence-electron chi connectivity index (χ2n) is 3.78. The van der Waals surface area contributed by atoms with Crippen molar-refractivity contribution in [2.45, 2.75) is 13.3 Å². The first-order chi connectivity index (χ1) is 8.13. The molecule has 6 heteroatoms.